The van der Waals surface area contributed by atoms with E-state index in [0.29, 0.717) is 11.8 Å². The number of pyridine rings is 1. The van der Waals surface area contributed by atoms with Crippen LogP contribution in [0.1, 0.15) is 28.9 Å². The lowest BCUT2D eigenvalue weighted by atomic mass is 10.2. The summed E-state index contributed by atoms with van der Waals surface area (Å²) < 4.78 is 5.66. The summed E-state index contributed by atoms with van der Waals surface area (Å²) in [5.74, 6) is 0.707. The Balaban J connectivity index is 2.17. The number of rotatable bonds is 3. The lowest BCUT2D eigenvalue weighted by molar-refractivity contribution is 0.0822. The first-order valence-corrected chi connectivity index (χ1v) is 5.43. The molecule has 1 aromatic heterocycles. The van der Waals surface area contributed by atoms with E-state index in [-0.39, 0.29) is 5.91 Å². The van der Waals surface area contributed by atoms with Crippen molar-refractivity contribution in [3.05, 3.63) is 23.5 Å². The molecule has 1 saturated carbocycles. The number of carbonyl (C=O) groups is 1. The van der Waals surface area contributed by atoms with Crippen LogP contribution in [-0.2, 0) is 0 Å². The summed E-state index contributed by atoms with van der Waals surface area (Å²) in [6, 6.07) is 1.78. The van der Waals surface area contributed by atoms with Crippen LogP contribution < -0.4 is 4.74 Å². The lowest BCUT2D eigenvalue weighted by Crippen LogP contribution is -2.22. The highest BCUT2D eigenvalue weighted by molar-refractivity contribution is 5.92. The summed E-state index contributed by atoms with van der Waals surface area (Å²) in [6.45, 7) is 1.94. The van der Waals surface area contributed by atoms with Crippen LogP contribution in [0.25, 0.3) is 0 Å². The first-order valence-electron chi connectivity index (χ1n) is 5.43. The van der Waals surface area contributed by atoms with E-state index in [1.807, 2.05) is 6.92 Å². The molecule has 2 rings (SSSR count). The summed E-state index contributed by atoms with van der Waals surface area (Å²) in [5.41, 5.74) is 1.43. The number of aromatic nitrogens is 1. The van der Waals surface area contributed by atoms with Crippen molar-refractivity contribution in [3.8, 4) is 5.75 Å². The van der Waals surface area contributed by atoms with Crippen molar-refractivity contribution in [2.45, 2.75) is 25.9 Å². The van der Waals surface area contributed by atoms with E-state index in [1.54, 1.807) is 26.4 Å². The van der Waals surface area contributed by atoms with Crippen LogP contribution in [0.4, 0.5) is 0 Å². The molecule has 1 fully saturated rings. The molecule has 0 unspecified atom stereocenters. The summed E-state index contributed by atoms with van der Waals surface area (Å²) in [6.07, 6.45) is 4.25. The molecule has 16 heavy (non-hydrogen) atoms. The standard InChI is InChI=1S/C12H16N2O2/c1-8-6-10(12(15)14(2)3)13-7-11(8)16-9-4-5-9/h6-7,9H,4-5H2,1-3H3. The zero-order chi connectivity index (χ0) is 11.7. The molecule has 1 aliphatic rings. The van der Waals surface area contributed by atoms with Gasteiger partial charge >= 0.3 is 0 Å². The van der Waals surface area contributed by atoms with Gasteiger partial charge in [-0.3, -0.25) is 4.79 Å². The zero-order valence-corrected chi connectivity index (χ0v) is 9.86. The molecule has 4 heteroatoms. The second-order valence-corrected chi connectivity index (χ2v) is 4.35. The molecule has 0 aliphatic heterocycles. The van der Waals surface area contributed by atoms with Crippen molar-refractivity contribution < 1.29 is 9.53 Å². The first kappa shape index (κ1) is 10.9. The molecule has 0 N–H and O–H groups in total. The number of hydrogen-bond donors (Lipinski definition) is 0. The molecular weight excluding hydrogens is 204 g/mol. The van der Waals surface area contributed by atoms with Gasteiger partial charge in [0.1, 0.15) is 11.4 Å². The Kier molecular flexibility index (Phi) is 2.81. The van der Waals surface area contributed by atoms with E-state index in [4.69, 9.17) is 4.74 Å². The molecule has 0 radical (unpaired) electrons. The zero-order valence-electron chi connectivity index (χ0n) is 9.86. The SMILES string of the molecule is Cc1cc(C(=O)N(C)C)ncc1OC1CC1. The van der Waals surface area contributed by atoms with Gasteiger partial charge in [-0.15, -0.1) is 0 Å². The Morgan fingerprint density at radius 2 is 2.19 bits per heavy atom. The van der Waals surface area contributed by atoms with Gasteiger partial charge in [0.2, 0.25) is 0 Å². The van der Waals surface area contributed by atoms with E-state index >= 15 is 0 Å². The van der Waals surface area contributed by atoms with E-state index in [1.165, 1.54) is 4.90 Å². The Morgan fingerprint density at radius 1 is 1.50 bits per heavy atom. The van der Waals surface area contributed by atoms with Gasteiger partial charge in [0.05, 0.1) is 12.3 Å². The molecule has 1 aromatic rings. The molecule has 86 valence electrons. The normalized spacial score (nSPS) is 14.7. The third kappa shape index (κ3) is 2.32. The van der Waals surface area contributed by atoms with Crippen molar-refractivity contribution in [3.63, 3.8) is 0 Å². The monoisotopic (exact) mass is 220 g/mol. The van der Waals surface area contributed by atoms with Gasteiger partial charge in [-0.2, -0.15) is 0 Å². The smallest absolute Gasteiger partial charge is 0.271 e. The molecule has 0 atom stereocenters. The molecule has 0 bridgehead atoms. The van der Waals surface area contributed by atoms with Crippen LogP contribution in [0, 0.1) is 6.92 Å². The molecule has 1 heterocycles. The fourth-order valence-electron chi connectivity index (χ4n) is 1.38. The largest absolute Gasteiger partial charge is 0.489 e. The predicted octanol–water partition coefficient (Wildman–Crippen LogP) is 1.63. The molecule has 1 amide bonds. The van der Waals surface area contributed by atoms with E-state index in [2.05, 4.69) is 4.98 Å². The van der Waals surface area contributed by atoms with Crippen molar-refractivity contribution >= 4 is 5.91 Å². The van der Waals surface area contributed by atoms with Gasteiger partial charge in [-0.1, -0.05) is 0 Å². The highest BCUT2D eigenvalue weighted by Gasteiger charge is 2.24. The average molecular weight is 220 g/mol. The predicted molar refractivity (Wildman–Crippen MR) is 60.6 cm³/mol. The highest BCUT2D eigenvalue weighted by Crippen LogP contribution is 2.28. The number of ether oxygens (including phenoxy) is 1. The van der Waals surface area contributed by atoms with Gasteiger partial charge < -0.3 is 9.64 Å². The quantitative estimate of drug-likeness (QED) is 0.777. The third-order valence-corrected chi connectivity index (χ3v) is 2.51. The average Bonchev–Trinajstić information content (AvgIpc) is 3.03. The maximum absolute atomic E-state index is 11.7. The summed E-state index contributed by atoms with van der Waals surface area (Å²) in [7, 11) is 3.43. The summed E-state index contributed by atoms with van der Waals surface area (Å²) in [5, 5.41) is 0. The second-order valence-electron chi connectivity index (χ2n) is 4.35. The summed E-state index contributed by atoms with van der Waals surface area (Å²) in [4.78, 5) is 17.3. The minimum Gasteiger partial charge on any atom is -0.489 e. The highest BCUT2D eigenvalue weighted by atomic mass is 16.5. The van der Waals surface area contributed by atoms with Crippen LogP contribution in [0.15, 0.2) is 12.3 Å². The fourth-order valence-corrected chi connectivity index (χ4v) is 1.38. The maximum Gasteiger partial charge on any atom is 0.271 e. The van der Waals surface area contributed by atoms with Crippen LogP contribution in [0.3, 0.4) is 0 Å². The number of hydrogen-bond acceptors (Lipinski definition) is 3. The molecule has 1 aliphatic carbocycles. The van der Waals surface area contributed by atoms with Crippen LogP contribution in [0.5, 0.6) is 5.75 Å². The number of aryl methyl sites for hydroxylation is 1. The summed E-state index contributed by atoms with van der Waals surface area (Å²) >= 11 is 0. The fraction of sp³-hybridized carbons (Fsp3) is 0.500. The Labute approximate surface area is 95.2 Å². The third-order valence-electron chi connectivity index (χ3n) is 2.51. The maximum atomic E-state index is 11.7. The first-order chi connectivity index (χ1) is 7.58. The van der Waals surface area contributed by atoms with E-state index < -0.39 is 0 Å². The van der Waals surface area contributed by atoms with E-state index in [0.717, 1.165) is 24.2 Å². The second kappa shape index (κ2) is 4.12. The molecule has 0 saturated heterocycles. The van der Waals surface area contributed by atoms with Crippen molar-refractivity contribution in [1.29, 1.82) is 0 Å². The topological polar surface area (TPSA) is 42.4 Å². The number of amides is 1. The van der Waals surface area contributed by atoms with Crippen molar-refractivity contribution in [1.82, 2.24) is 9.88 Å². The minimum atomic E-state index is -0.0823. The van der Waals surface area contributed by atoms with Crippen LogP contribution in [0.2, 0.25) is 0 Å². The van der Waals surface area contributed by atoms with Gasteiger partial charge in [0, 0.05) is 14.1 Å². The van der Waals surface area contributed by atoms with Gasteiger partial charge in [0.15, 0.2) is 0 Å². The molecular formula is C12H16N2O2. The number of nitrogens with zero attached hydrogens (tertiary/aromatic N) is 2. The lowest BCUT2D eigenvalue weighted by Gasteiger charge is -2.12. The van der Waals surface area contributed by atoms with Gasteiger partial charge in [-0.25, -0.2) is 4.98 Å². The van der Waals surface area contributed by atoms with Gasteiger partial charge in [0.25, 0.3) is 5.91 Å². The Bertz CT molecular complexity index is 411. The molecule has 4 nitrogen and oxygen atoms in total. The van der Waals surface area contributed by atoms with E-state index in [9.17, 15) is 4.79 Å². The van der Waals surface area contributed by atoms with Crippen molar-refractivity contribution in [2.75, 3.05) is 14.1 Å². The van der Waals surface area contributed by atoms with Gasteiger partial charge in [-0.05, 0) is 31.4 Å². The van der Waals surface area contributed by atoms with Crippen molar-refractivity contribution in [2.24, 2.45) is 0 Å². The van der Waals surface area contributed by atoms with Crippen LogP contribution in [-0.4, -0.2) is 36.0 Å². The molecule has 0 aromatic carbocycles. The van der Waals surface area contributed by atoms with Crippen LogP contribution >= 0.6 is 0 Å². The minimum absolute atomic E-state index is 0.0823. The Hall–Kier alpha value is -1.58. The Morgan fingerprint density at radius 3 is 2.69 bits per heavy atom. The number of carbonyl (C=O) groups excluding carboxylic acids is 1. The molecule has 0 spiro atoms.